The van der Waals surface area contributed by atoms with Crippen LogP contribution < -0.4 is 5.73 Å². The number of nitrogens with two attached hydrogens (primary N) is 1. The largest absolute Gasteiger partial charge is 0.508 e. The van der Waals surface area contributed by atoms with E-state index in [2.05, 4.69) is 10.1 Å². The molecule has 0 atom stereocenters. The number of phenols is 1. The van der Waals surface area contributed by atoms with Crippen LogP contribution in [0.25, 0.3) is 5.65 Å². The van der Waals surface area contributed by atoms with Crippen LogP contribution in [0.15, 0.2) is 42.9 Å². The fourth-order valence-corrected chi connectivity index (χ4v) is 1.95. The summed E-state index contributed by atoms with van der Waals surface area (Å²) in [5.41, 5.74) is 9.03. The Morgan fingerprint density at radius 1 is 1.28 bits per heavy atom. The van der Waals surface area contributed by atoms with E-state index in [1.54, 1.807) is 35.2 Å². The van der Waals surface area contributed by atoms with E-state index in [4.69, 9.17) is 5.73 Å². The highest BCUT2D eigenvalue weighted by Gasteiger charge is 2.06. The second-order valence-electron chi connectivity index (χ2n) is 4.17. The molecular formula is C13H12N4O. The van der Waals surface area contributed by atoms with E-state index >= 15 is 0 Å². The summed E-state index contributed by atoms with van der Waals surface area (Å²) in [5.74, 6) is 0.265. The van der Waals surface area contributed by atoms with Gasteiger partial charge >= 0.3 is 0 Å². The maximum Gasteiger partial charge on any atom is 0.158 e. The Labute approximate surface area is 104 Å². The van der Waals surface area contributed by atoms with Crippen LogP contribution in [0.1, 0.15) is 11.1 Å². The van der Waals surface area contributed by atoms with Crippen LogP contribution in [0.3, 0.4) is 0 Å². The zero-order valence-electron chi connectivity index (χ0n) is 9.61. The molecule has 3 N–H and O–H groups in total. The Kier molecular flexibility index (Phi) is 2.37. The molecule has 0 aliphatic rings. The molecule has 0 fully saturated rings. The Balaban J connectivity index is 2.00. The van der Waals surface area contributed by atoms with Crippen molar-refractivity contribution in [1.82, 2.24) is 14.6 Å². The molecule has 5 nitrogen and oxygen atoms in total. The first kappa shape index (κ1) is 10.6. The highest BCUT2D eigenvalue weighted by molar-refractivity contribution is 5.51. The maximum absolute atomic E-state index is 9.44. The van der Waals surface area contributed by atoms with Gasteiger partial charge in [-0.2, -0.15) is 5.10 Å². The number of nitrogens with zero attached hydrogens (tertiary/aromatic N) is 3. The van der Waals surface area contributed by atoms with Crippen LogP contribution in [0.5, 0.6) is 5.75 Å². The minimum absolute atomic E-state index is 0.265. The first-order valence-corrected chi connectivity index (χ1v) is 5.58. The summed E-state index contributed by atoms with van der Waals surface area (Å²) in [6.45, 7) is 0. The van der Waals surface area contributed by atoms with Crippen molar-refractivity contribution in [2.75, 3.05) is 5.73 Å². The van der Waals surface area contributed by atoms with E-state index in [1.807, 2.05) is 12.1 Å². The van der Waals surface area contributed by atoms with E-state index in [9.17, 15) is 5.11 Å². The van der Waals surface area contributed by atoms with Gasteiger partial charge in [0.2, 0.25) is 0 Å². The molecule has 0 radical (unpaired) electrons. The third-order valence-electron chi connectivity index (χ3n) is 2.75. The number of rotatable bonds is 2. The monoisotopic (exact) mass is 240 g/mol. The number of nitrogen functional groups attached to an aromatic ring is 1. The molecule has 0 saturated heterocycles. The van der Waals surface area contributed by atoms with Crippen molar-refractivity contribution in [3.63, 3.8) is 0 Å². The van der Waals surface area contributed by atoms with Crippen LogP contribution in [-0.4, -0.2) is 19.7 Å². The summed E-state index contributed by atoms with van der Waals surface area (Å²) in [6, 6.07) is 7.17. The molecule has 3 rings (SSSR count). The highest BCUT2D eigenvalue weighted by Crippen LogP contribution is 2.17. The summed E-state index contributed by atoms with van der Waals surface area (Å²) in [4.78, 5) is 4.27. The molecule has 0 amide bonds. The van der Waals surface area contributed by atoms with Gasteiger partial charge in [-0.3, -0.25) is 0 Å². The molecule has 1 aromatic carbocycles. The molecule has 0 bridgehead atoms. The van der Waals surface area contributed by atoms with Crippen molar-refractivity contribution in [3.05, 3.63) is 54.0 Å². The molecule has 2 aromatic heterocycles. The second-order valence-corrected chi connectivity index (χ2v) is 4.17. The number of phenolic OH excluding ortho intramolecular Hbond substituents is 1. The highest BCUT2D eigenvalue weighted by atomic mass is 16.3. The Bertz CT molecular complexity index is 705. The van der Waals surface area contributed by atoms with Gasteiger partial charge in [0.15, 0.2) is 5.65 Å². The fraction of sp³-hybridized carbons (Fsp3) is 0.0769. The van der Waals surface area contributed by atoms with Crippen LogP contribution >= 0.6 is 0 Å². The van der Waals surface area contributed by atoms with Crippen molar-refractivity contribution in [2.45, 2.75) is 6.42 Å². The van der Waals surface area contributed by atoms with E-state index in [0.29, 0.717) is 12.1 Å². The molecule has 0 aliphatic heterocycles. The van der Waals surface area contributed by atoms with Gasteiger partial charge in [0.1, 0.15) is 5.75 Å². The molecular weight excluding hydrogens is 228 g/mol. The predicted octanol–water partition coefficient (Wildman–Crippen LogP) is 1.61. The van der Waals surface area contributed by atoms with Crippen LogP contribution in [0.2, 0.25) is 0 Å². The lowest BCUT2D eigenvalue weighted by Gasteiger charge is -2.01. The number of anilines is 1. The minimum Gasteiger partial charge on any atom is -0.508 e. The van der Waals surface area contributed by atoms with Gasteiger partial charge in [-0.05, 0) is 17.7 Å². The molecule has 2 heterocycles. The standard InChI is InChI=1S/C13H12N4O/c14-11-7-15-13-10(6-16-17(13)8-11)4-9-2-1-3-12(18)5-9/h1-3,5-8,18H,4,14H2. The Morgan fingerprint density at radius 3 is 3.00 bits per heavy atom. The van der Waals surface area contributed by atoms with E-state index in [1.165, 1.54) is 0 Å². The van der Waals surface area contributed by atoms with Crippen molar-refractivity contribution >= 4 is 11.3 Å². The lowest BCUT2D eigenvalue weighted by atomic mass is 10.1. The first-order chi connectivity index (χ1) is 8.72. The van der Waals surface area contributed by atoms with E-state index in [0.717, 1.165) is 16.8 Å². The molecule has 18 heavy (non-hydrogen) atoms. The normalized spacial score (nSPS) is 10.9. The topological polar surface area (TPSA) is 76.4 Å². The van der Waals surface area contributed by atoms with Crippen molar-refractivity contribution in [1.29, 1.82) is 0 Å². The van der Waals surface area contributed by atoms with Gasteiger partial charge in [-0.15, -0.1) is 0 Å². The zero-order chi connectivity index (χ0) is 12.5. The van der Waals surface area contributed by atoms with Crippen LogP contribution in [0, 0.1) is 0 Å². The molecule has 0 saturated carbocycles. The average Bonchev–Trinajstić information content (AvgIpc) is 2.72. The van der Waals surface area contributed by atoms with Gasteiger partial charge in [-0.25, -0.2) is 9.50 Å². The van der Waals surface area contributed by atoms with Crippen molar-refractivity contribution < 1.29 is 5.11 Å². The molecule has 0 aliphatic carbocycles. The average molecular weight is 240 g/mol. The molecule has 0 unspecified atom stereocenters. The van der Waals surface area contributed by atoms with E-state index < -0.39 is 0 Å². The molecule has 5 heteroatoms. The lowest BCUT2D eigenvalue weighted by molar-refractivity contribution is 0.474. The van der Waals surface area contributed by atoms with Gasteiger partial charge in [0.25, 0.3) is 0 Å². The summed E-state index contributed by atoms with van der Waals surface area (Å²) < 4.78 is 1.66. The number of benzene rings is 1. The molecule has 90 valence electrons. The van der Waals surface area contributed by atoms with Gasteiger partial charge in [0.05, 0.1) is 24.3 Å². The number of hydrogen-bond donors (Lipinski definition) is 2. The first-order valence-electron chi connectivity index (χ1n) is 5.58. The van der Waals surface area contributed by atoms with Gasteiger partial charge < -0.3 is 10.8 Å². The lowest BCUT2D eigenvalue weighted by Crippen LogP contribution is -1.95. The van der Waals surface area contributed by atoms with Crippen LogP contribution in [0.4, 0.5) is 5.69 Å². The molecule has 3 aromatic rings. The van der Waals surface area contributed by atoms with Gasteiger partial charge in [-0.1, -0.05) is 12.1 Å². The van der Waals surface area contributed by atoms with Gasteiger partial charge in [0, 0.05) is 12.0 Å². The minimum atomic E-state index is 0.265. The van der Waals surface area contributed by atoms with Crippen LogP contribution in [-0.2, 0) is 6.42 Å². The summed E-state index contributed by atoms with van der Waals surface area (Å²) in [5, 5.41) is 13.6. The fourth-order valence-electron chi connectivity index (χ4n) is 1.95. The third kappa shape index (κ3) is 1.86. The second kappa shape index (κ2) is 4.03. The third-order valence-corrected chi connectivity index (χ3v) is 2.75. The summed E-state index contributed by atoms with van der Waals surface area (Å²) >= 11 is 0. The number of aromatic hydroxyl groups is 1. The van der Waals surface area contributed by atoms with Crippen molar-refractivity contribution in [3.8, 4) is 5.75 Å². The summed E-state index contributed by atoms with van der Waals surface area (Å²) in [7, 11) is 0. The zero-order valence-corrected chi connectivity index (χ0v) is 9.61. The van der Waals surface area contributed by atoms with E-state index in [-0.39, 0.29) is 5.75 Å². The smallest absolute Gasteiger partial charge is 0.158 e. The SMILES string of the molecule is Nc1cnc2c(Cc3cccc(O)c3)cnn2c1. The van der Waals surface area contributed by atoms with Crippen molar-refractivity contribution in [2.24, 2.45) is 0 Å². The number of hydrogen-bond acceptors (Lipinski definition) is 4. The Hall–Kier alpha value is -2.56. The summed E-state index contributed by atoms with van der Waals surface area (Å²) in [6.07, 6.45) is 5.79. The maximum atomic E-state index is 9.44. The quantitative estimate of drug-likeness (QED) is 0.713. The predicted molar refractivity (Wildman–Crippen MR) is 68.3 cm³/mol. The molecule has 0 spiro atoms. The number of aromatic nitrogens is 3. The number of fused-ring (bicyclic) bond motifs is 1. The Morgan fingerprint density at radius 2 is 2.17 bits per heavy atom.